The van der Waals surface area contributed by atoms with E-state index in [4.69, 9.17) is 0 Å². The van der Waals surface area contributed by atoms with Gasteiger partial charge < -0.3 is 5.32 Å². The monoisotopic (exact) mass is 330 g/mol. The number of hydrogen-bond donors (Lipinski definition) is 2. The largest absolute Gasteiger partial charge is 0.310 e. The molecule has 0 heterocycles. The van der Waals surface area contributed by atoms with Gasteiger partial charge in [0.1, 0.15) is 0 Å². The Labute approximate surface area is 133 Å². The molecule has 0 aromatic heterocycles. The molecule has 0 spiro atoms. The number of nitrogens with one attached hydrogen (secondary N) is 2. The second-order valence-corrected chi connectivity index (χ2v) is 8.15. The highest BCUT2D eigenvalue weighted by atomic mass is 32.2. The lowest BCUT2D eigenvalue weighted by Gasteiger charge is -2.17. The molecule has 0 saturated heterocycles. The summed E-state index contributed by atoms with van der Waals surface area (Å²) in [6.45, 7) is 8.56. The highest BCUT2D eigenvalue weighted by Gasteiger charge is 2.20. The van der Waals surface area contributed by atoms with E-state index in [0.29, 0.717) is 17.5 Å². The topological polar surface area (TPSA) is 58.2 Å². The second-order valence-electron chi connectivity index (χ2n) is 5.55. The lowest BCUT2D eigenvalue weighted by atomic mass is 10.1. The Morgan fingerprint density at radius 3 is 2.48 bits per heavy atom. The quantitative estimate of drug-likeness (QED) is 0.769. The molecule has 21 heavy (non-hydrogen) atoms. The summed E-state index contributed by atoms with van der Waals surface area (Å²) >= 11 is 1.63. The summed E-state index contributed by atoms with van der Waals surface area (Å²) in [5.41, 5.74) is 1.83. The van der Waals surface area contributed by atoms with Crippen molar-refractivity contribution in [3.63, 3.8) is 0 Å². The summed E-state index contributed by atoms with van der Waals surface area (Å²) in [5.74, 6) is 0.757. The third-order valence-electron chi connectivity index (χ3n) is 3.16. The summed E-state index contributed by atoms with van der Waals surface area (Å²) in [7, 11) is -3.46. The zero-order valence-electron chi connectivity index (χ0n) is 13.4. The molecule has 0 saturated carbocycles. The van der Waals surface area contributed by atoms with E-state index in [1.807, 2.05) is 26.2 Å². The van der Waals surface area contributed by atoms with Gasteiger partial charge >= 0.3 is 0 Å². The molecule has 120 valence electrons. The Morgan fingerprint density at radius 1 is 1.24 bits per heavy atom. The molecule has 4 nitrogen and oxygen atoms in total. The second kappa shape index (κ2) is 8.17. The van der Waals surface area contributed by atoms with Crippen LogP contribution in [0.3, 0.4) is 0 Å². The zero-order chi connectivity index (χ0) is 16.0. The predicted molar refractivity (Wildman–Crippen MR) is 91.3 cm³/mol. The molecule has 0 amide bonds. The first kappa shape index (κ1) is 18.5. The number of benzene rings is 1. The molecule has 1 unspecified atom stereocenters. The minimum absolute atomic E-state index is 0.0816. The van der Waals surface area contributed by atoms with Crippen molar-refractivity contribution in [3.05, 3.63) is 29.3 Å². The van der Waals surface area contributed by atoms with Crippen LogP contribution in [0.15, 0.2) is 23.1 Å². The molecular weight excluding hydrogens is 304 g/mol. The van der Waals surface area contributed by atoms with Gasteiger partial charge in [0.15, 0.2) is 0 Å². The zero-order valence-corrected chi connectivity index (χ0v) is 15.1. The van der Waals surface area contributed by atoms with E-state index in [0.717, 1.165) is 16.9 Å². The summed E-state index contributed by atoms with van der Waals surface area (Å²) in [6.07, 6.45) is 1.97. The van der Waals surface area contributed by atoms with Gasteiger partial charge in [-0.25, -0.2) is 13.1 Å². The Kier molecular flexibility index (Phi) is 7.20. The smallest absolute Gasteiger partial charge is 0.241 e. The average molecular weight is 331 g/mol. The van der Waals surface area contributed by atoms with Gasteiger partial charge in [-0.05, 0) is 37.3 Å². The van der Waals surface area contributed by atoms with Gasteiger partial charge in [0.05, 0.1) is 4.90 Å². The first-order valence-corrected chi connectivity index (χ1v) is 9.98. The van der Waals surface area contributed by atoms with Crippen molar-refractivity contribution in [2.75, 3.05) is 12.0 Å². The summed E-state index contributed by atoms with van der Waals surface area (Å²) in [6, 6.07) is 5.72. The Morgan fingerprint density at radius 2 is 1.90 bits per heavy atom. The number of hydrogen-bond acceptors (Lipinski definition) is 4. The molecule has 0 fully saturated rings. The third kappa shape index (κ3) is 5.62. The van der Waals surface area contributed by atoms with Gasteiger partial charge in [0, 0.05) is 24.4 Å². The minimum Gasteiger partial charge on any atom is -0.310 e. The summed E-state index contributed by atoms with van der Waals surface area (Å²) in [4.78, 5) is 0.374. The molecule has 0 radical (unpaired) electrons. The van der Waals surface area contributed by atoms with Gasteiger partial charge in [-0.2, -0.15) is 11.8 Å². The SMILES string of the molecule is CSCC(C)NS(=O)(=O)c1cccc(CNC(C)C)c1C. The molecule has 1 atom stereocenters. The van der Waals surface area contributed by atoms with Crippen molar-refractivity contribution in [3.8, 4) is 0 Å². The molecule has 0 bridgehead atoms. The highest BCUT2D eigenvalue weighted by Crippen LogP contribution is 2.19. The maximum Gasteiger partial charge on any atom is 0.241 e. The fraction of sp³-hybridized carbons (Fsp3) is 0.600. The fourth-order valence-corrected chi connectivity index (χ4v) is 4.29. The van der Waals surface area contributed by atoms with Crippen LogP contribution in [0.5, 0.6) is 0 Å². The first-order valence-electron chi connectivity index (χ1n) is 7.11. The number of rotatable bonds is 8. The van der Waals surface area contributed by atoms with Gasteiger partial charge in [-0.15, -0.1) is 0 Å². The predicted octanol–water partition coefficient (Wildman–Crippen LogP) is 2.52. The van der Waals surface area contributed by atoms with Gasteiger partial charge in [0.2, 0.25) is 10.0 Å². The van der Waals surface area contributed by atoms with Crippen LogP contribution in [-0.2, 0) is 16.6 Å². The van der Waals surface area contributed by atoms with E-state index < -0.39 is 10.0 Å². The Balaban J connectivity index is 2.99. The van der Waals surface area contributed by atoms with Crippen LogP contribution < -0.4 is 10.0 Å². The van der Waals surface area contributed by atoms with Crippen LogP contribution in [0.1, 0.15) is 31.9 Å². The van der Waals surface area contributed by atoms with Crippen LogP contribution in [0.25, 0.3) is 0 Å². The fourth-order valence-electron chi connectivity index (χ4n) is 2.07. The van der Waals surface area contributed by atoms with Crippen LogP contribution in [0, 0.1) is 6.92 Å². The molecule has 0 aliphatic rings. The molecule has 2 N–H and O–H groups in total. The average Bonchev–Trinajstić information content (AvgIpc) is 2.36. The van der Waals surface area contributed by atoms with Gasteiger partial charge in [-0.3, -0.25) is 0 Å². The van der Waals surface area contributed by atoms with E-state index in [9.17, 15) is 8.42 Å². The van der Waals surface area contributed by atoms with E-state index in [-0.39, 0.29) is 6.04 Å². The maximum absolute atomic E-state index is 12.5. The van der Waals surface area contributed by atoms with Crippen molar-refractivity contribution >= 4 is 21.8 Å². The van der Waals surface area contributed by atoms with Crippen molar-refractivity contribution < 1.29 is 8.42 Å². The molecule has 1 rings (SSSR count). The molecule has 6 heteroatoms. The van der Waals surface area contributed by atoms with Crippen molar-refractivity contribution in [2.45, 2.75) is 51.2 Å². The first-order chi connectivity index (χ1) is 9.77. The van der Waals surface area contributed by atoms with Crippen molar-refractivity contribution in [1.29, 1.82) is 0 Å². The minimum atomic E-state index is -3.46. The molecule has 1 aromatic carbocycles. The molecule has 0 aliphatic heterocycles. The Bertz CT molecular complexity index is 557. The standard InChI is InChI=1S/C15H26N2O2S2/c1-11(2)16-9-14-7-6-8-15(13(14)4)21(18,19)17-12(3)10-20-5/h6-8,11-12,16-17H,9-10H2,1-5H3. The van der Waals surface area contributed by atoms with Gasteiger partial charge in [0.25, 0.3) is 0 Å². The lowest BCUT2D eigenvalue weighted by Crippen LogP contribution is -2.34. The molecular formula is C15H26N2O2S2. The molecule has 0 aliphatic carbocycles. The van der Waals surface area contributed by atoms with E-state index in [1.54, 1.807) is 23.9 Å². The van der Waals surface area contributed by atoms with Crippen LogP contribution >= 0.6 is 11.8 Å². The van der Waals surface area contributed by atoms with E-state index >= 15 is 0 Å². The van der Waals surface area contributed by atoms with E-state index in [1.165, 1.54) is 0 Å². The lowest BCUT2D eigenvalue weighted by molar-refractivity contribution is 0.568. The van der Waals surface area contributed by atoms with Crippen molar-refractivity contribution in [2.24, 2.45) is 0 Å². The third-order valence-corrected chi connectivity index (χ3v) is 5.73. The summed E-state index contributed by atoms with van der Waals surface area (Å²) < 4.78 is 27.7. The Hall–Kier alpha value is -0.560. The number of thioether (sulfide) groups is 1. The van der Waals surface area contributed by atoms with Crippen LogP contribution in [0.4, 0.5) is 0 Å². The molecule has 1 aromatic rings. The van der Waals surface area contributed by atoms with Crippen LogP contribution in [-0.4, -0.2) is 32.5 Å². The van der Waals surface area contributed by atoms with Gasteiger partial charge in [-0.1, -0.05) is 26.0 Å². The number of sulfonamides is 1. The van der Waals surface area contributed by atoms with Crippen LogP contribution in [0.2, 0.25) is 0 Å². The van der Waals surface area contributed by atoms with E-state index in [2.05, 4.69) is 23.9 Å². The normalized spacial score (nSPS) is 13.6. The maximum atomic E-state index is 12.5. The highest BCUT2D eigenvalue weighted by molar-refractivity contribution is 7.98. The van der Waals surface area contributed by atoms with Crippen molar-refractivity contribution in [1.82, 2.24) is 10.0 Å². The summed E-state index contributed by atoms with van der Waals surface area (Å²) in [5, 5.41) is 3.32.